The lowest BCUT2D eigenvalue weighted by Crippen LogP contribution is -2.46. The maximum absolute atomic E-state index is 11.8. The number of rotatable bonds is 1. The Morgan fingerprint density at radius 3 is 2.94 bits per heavy atom. The number of nitrogens with zero attached hydrogens (tertiary/aromatic N) is 2. The van der Waals surface area contributed by atoms with E-state index in [4.69, 9.17) is 0 Å². The van der Waals surface area contributed by atoms with Crippen LogP contribution in [0.2, 0.25) is 0 Å². The number of fused-ring (bicyclic) bond motifs is 1. The Morgan fingerprint density at radius 1 is 1.33 bits per heavy atom. The van der Waals surface area contributed by atoms with E-state index in [0.717, 1.165) is 24.1 Å². The van der Waals surface area contributed by atoms with Crippen LogP contribution in [0.15, 0.2) is 4.99 Å². The number of nitrogens with one attached hydrogen (secondary N) is 1. The van der Waals surface area contributed by atoms with E-state index in [1.165, 1.54) is 31.4 Å². The molecule has 3 aliphatic rings. The van der Waals surface area contributed by atoms with E-state index in [-0.39, 0.29) is 11.9 Å². The van der Waals surface area contributed by atoms with E-state index in [0.29, 0.717) is 6.04 Å². The van der Waals surface area contributed by atoms with Crippen molar-refractivity contribution < 1.29 is 4.79 Å². The highest BCUT2D eigenvalue weighted by Gasteiger charge is 2.33. The fourth-order valence-electron chi connectivity index (χ4n) is 3.12. The molecule has 3 atom stereocenters. The molecule has 5 heteroatoms. The minimum absolute atomic E-state index is 0.134. The van der Waals surface area contributed by atoms with Crippen LogP contribution in [0.5, 0.6) is 0 Å². The quantitative estimate of drug-likeness (QED) is 0.782. The molecule has 3 fully saturated rings. The fourth-order valence-corrected chi connectivity index (χ4v) is 4.33. The van der Waals surface area contributed by atoms with Crippen LogP contribution in [0.4, 0.5) is 0 Å². The Balaban J connectivity index is 1.65. The smallest absolute Gasteiger partial charge is 0.247 e. The van der Waals surface area contributed by atoms with Crippen molar-refractivity contribution in [2.24, 2.45) is 10.9 Å². The second-order valence-corrected chi connectivity index (χ2v) is 6.61. The molecule has 2 aliphatic heterocycles. The number of hydrogen-bond acceptors (Lipinski definition) is 3. The zero-order chi connectivity index (χ0) is 12.5. The standard InChI is InChI=1S/C13H21N3OS/c1-16-7-6-11(12(16)17)15-13-14-10-5-3-2-4-9(10)8-18-13/h9-11H,2-8H2,1H3,(H,14,15). The number of thioether (sulfide) groups is 1. The Bertz CT molecular complexity index is 371. The Kier molecular flexibility index (Phi) is 3.50. The lowest BCUT2D eigenvalue weighted by Gasteiger charge is -2.37. The summed E-state index contributed by atoms with van der Waals surface area (Å²) in [4.78, 5) is 18.3. The van der Waals surface area contributed by atoms with Crippen LogP contribution in [0.3, 0.4) is 0 Å². The van der Waals surface area contributed by atoms with Gasteiger partial charge in [-0.2, -0.15) is 0 Å². The first-order valence-electron chi connectivity index (χ1n) is 6.96. The average molecular weight is 267 g/mol. The molecule has 1 aliphatic carbocycles. The van der Waals surface area contributed by atoms with Crippen molar-refractivity contribution in [2.45, 2.75) is 44.2 Å². The molecule has 0 aromatic rings. The first-order chi connectivity index (χ1) is 8.74. The minimum atomic E-state index is -0.134. The van der Waals surface area contributed by atoms with Gasteiger partial charge < -0.3 is 10.2 Å². The van der Waals surface area contributed by atoms with Crippen molar-refractivity contribution in [3.63, 3.8) is 0 Å². The van der Waals surface area contributed by atoms with Gasteiger partial charge in [-0.15, -0.1) is 0 Å². The van der Waals surface area contributed by atoms with Gasteiger partial charge in [-0.25, -0.2) is 4.99 Å². The van der Waals surface area contributed by atoms with Crippen LogP contribution in [0.1, 0.15) is 32.1 Å². The van der Waals surface area contributed by atoms with E-state index in [1.54, 1.807) is 4.90 Å². The van der Waals surface area contributed by atoms with Gasteiger partial charge in [0.25, 0.3) is 0 Å². The SMILES string of the molecule is CN1CCC(N=C2NC3CCCCC3CS2)C1=O. The van der Waals surface area contributed by atoms with Gasteiger partial charge in [0.1, 0.15) is 6.04 Å². The summed E-state index contributed by atoms with van der Waals surface area (Å²) in [7, 11) is 1.86. The summed E-state index contributed by atoms with van der Waals surface area (Å²) < 4.78 is 0. The Labute approximate surface area is 113 Å². The monoisotopic (exact) mass is 267 g/mol. The van der Waals surface area contributed by atoms with E-state index < -0.39 is 0 Å². The van der Waals surface area contributed by atoms with Gasteiger partial charge in [-0.05, 0) is 25.2 Å². The summed E-state index contributed by atoms with van der Waals surface area (Å²) in [5.41, 5.74) is 0. The van der Waals surface area contributed by atoms with Crippen LogP contribution in [0, 0.1) is 5.92 Å². The van der Waals surface area contributed by atoms with E-state index in [1.807, 2.05) is 18.8 Å². The summed E-state index contributed by atoms with van der Waals surface area (Å²) in [5, 5.41) is 4.57. The van der Waals surface area contributed by atoms with Crippen LogP contribution in [-0.2, 0) is 4.79 Å². The van der Waals surface area contributed by atoms with Crippen LogP contribution in [-0.4, -0.2) is 47.4 Å². The van der Waals surface area contributed by atoms with Crippen molar-refractivity contribution in [1.82, 2.24) is 10.2 Å². The predicted octanol–water partition coefficient (Wildman–Crippen LogP) is 1.47. The highest BCUT2D eigenvalue weighted by molar-refractivity contribution is 8.13. The van der Waals surface area contributed by atoms with Crippen LogP contribution in [0.25, 0.3) is 0 Å². The maximum Gasteiger partial charge on any atom is 0.247 e. The number of hydrogen-bond donors (Lipinski definition) is 1. The van der Waals surface area contributed by atoms with Crippen molar-refractivity contribution in [3.8, 4) is 0 Å². The second-order valence-electron chi connectivity index (χ2n) is 5.60. The summed E-state index contributed by atoms with van der Waals surface area (Å²) >= 11 is 1.81. The number of carbonyl (C=O) groups is 1. The molecule has 0 bridgehead atoms. The van der Waals surface area contributed by atoms with Crippen molar-refractivity contribution in [2.75, 3.05) is 19.3 Å². The zero-order valence-corrected chi connectivity index (χ0v) is 11.7. The number of aliphatic imine (C=N–C) groups is 1. The first kappa shape index (κ1) is 12.3. The lowest BCUT2D eigenvalue weighted by atomic mass is 9.86. The summed E-state index contributed by atoms with van der Waals surface area (Å²) in [6.45, 7) is 0.844. The first-order valence-corrected chi connectivity index (χ1v) is 7.95. The molecular formula is C13H21N3OS. The van der Waals surface area contributed by atoms with Crippen LogP contribution >= 0.6 is 11.8 Å². The topological polar surface area (TPSA) is 44.7 Å². The molecule has 100 valence electrons. The fraction of sp³-hybridized carbons (Fsp3) is 0.846. The average Bonchev–Trinajstić information content (AvgIpc) is 2.71. The van der Waals surface area contributed by atoms with Gasteiger partial charge in [0.2, 0.25) is 5.91 Å². The molecule has 18 heavy (non-hydrogen) atoms. The van der Waals surface area contributed by atoms with Gasteiger partial charge in [0, 0.05) is 25.4 Å². The van der Waals surface area contributed by atoms with Gasteiger partial charge in [-0.3, -0.25) is 4.79 Å². The van der Waals surface area contributed by atoms with Crippen LogP contribution < -0.4 is 5.32 Å². The van der Waals surface area contributed by atoms with Crippen molar-refractivity contribution in [3.05, 3.63) is 0 Å². The molecule has 1 amide bonds. The molecule has 3 rings (SSSR count). The van der Waals surface area contributed by atoms with E-state index >= 15 is 0 Å². The van der Waals surface area contributed by atoms with Gasteiger partial charge >= 0.3 is 0 Å². The largest absolute Gasteiger partial charge is 0.362 e. The number of amidine groups is 1. The minimum Gasteiger partial charge on any atom is -0.362 e. The van der Waals surface area contributed by atoms with Gasteiger partial charge in [0.15, 0.2) is 5.17 Å². The second kappa shape index (κ2) is 5.11. The normalized spacial score (nSPS) is 38.7. The molecule has 4 nitrogen and oxygen atoms in total. The third-order valence-corrected chi connectivity index (χ3v) is 5.42. The summed E-state index contributed by atoms with van der Waals surface area (Å²) in [6, 6.07) is 0.470. The highest BCUT2D eigenvalue weighted by atomic mass is 32.2. The van der Waals surface area contributed by atoms with Gasteiger partial charge in [-0.1, -0.05) is 24.6 Å². The van der Waals surface area contributed by atoms with E-state index in [2.05, 4.69) is 10.3 Å². The van der Waals surface area contributed by atoms with Crippen molar-refractivity contribution in [1.29, 1.82) is 0 Å². The lowest BCUT2D eigenvalue weighted by molar-refractivity contribution is -0.127. The molecule has 0 aromatic carbocycles. The molecular weight excluding hydrogens is 246 g/mol. The predicted molar refractivity (Wildman–Crippen MR) is 74.8 cm³/mol. The Hall–Kier alpha value is -0.710. The van der Waals surface area contributed by atoms with E-state index in [9.17, 15) is 4.79 Å². The molecule has 0 spiro atoms. The highest BCUT2D eigenvalue weighted by Crippen LogP contribution is 2.32. The molecule has 1 N–H and O–H groups in total. The number of carbonyl (C=O) groups excluding carboxylic acids is 1. The molecule has 2 heterocycles. The zero-order valence-electron chi connectivity index (χ0n) is 10.9. The maximum atomic E-state index is 11.8. The summed E-state index contributed by atoms with van der Waals surface area (Å²) in [6.07, 6.45) is 6.19. The molecule has 2 saturated heterocycles. The third-order valence-electron chi connectivity index (χ3n) is 4.32. The number of amides is 1. The molecule has 1 saturated carbocycles. The van der Waals surface area contributed by atoms with Gasteiger partial charge in [0.05, 0.1) is 0 Å². The molecule has 0 radical (unpaired) electrons. The summed E-state index contributed by atoms with van der Waals surface area (Å²) in [5.74, 6) is 2.16. The number of likely N-dealkylation sites (tertiary alicyclic amines) is 1. The van der Waals surface area contributed by atoms with Crippen molar-refractivity contribution >= 4 is 22.8 Å². The Morgan fingerprint density at radius 2 is 2.17 bits per heavy atom. The number of likely N-dealkylation sites (N-methyl/N-ethyl adjacent to an activating group) is 1. The third kappa shape index (κ3) is 2.37. The molecule has 0 aromatic heterocycles. The molecule has 3 unspecified atom stereocenters.